The summed E-state index contributed by atoms with van der Waals surface area (Å²) >= 11 is 0. The molecule has 1 N–H and O–H groups in total. The molecule has 2 aromatic rings. The molecule has 0 bridgehead atoms. The van der Waals surface area contributed by atoms with E-state index in [4.69, 9.17) is 0 Å². The van der Waals surface area contributed by atoms with Crippen LogP contribution in [0.15, 0.2) is 60.2 Å². The fourth-order valence-corrected chi connectivity index (χ4v) is 4.59. The molecule has 2 unspecified atom stereocenters. The van der Waals surface area contributed by atoms with Crippen molar-refractivity contribution in [2.75, 3.05) is 20.1 Å². The van der Waals surface area contributed by atoms with E-state index in [1.807, 2.05) is 0 Å². The van der Waals surface area contributed by atoms with Crippen molar-refractivity contribution in [3.8, 4) is 0 Å². The number of aldehydes is 1. The summed E-state index contributed by atoms with van der Waals surface area (Å²) in [5.41, 5.74) is 5.36. The molecule has 4 heteroatoms. The zero-order valence-electron chi connectivity index (χ0n) is 16.2. The molecule has 0 spiro atoms. The largest absolute Gasteiger partial charge is 0.349 e. The van der Waals surface area contributed by atoms with E-state index < -0.39 is 0 Å². The first-order chi connectivity index (χ1) is 13.7. The first-order valence-electron chi connectivity index (χ1n) is 9.97. The van der Waals surface area contributed by atoms with Crippen LogP contribution in [0, 0.1) is 5.92 Å². The minimum atomic E-state index is -0.0931. The number of nitrogens with one attached hydrogen (secondary N) is 1. The SMILES string of the molecule is CN1CCC2=C(c3ccccc3)CCC(NC(=O)c3cccc(C=O)c3)C2C1. The summed E-state index contributed by atoms with van der Waals surface area (Å²) in [5.74, 6) is 0.241. The molecule has 1 heterocycles. The average molecular weight is 374 g/mol. The van der Waals surface area contributed by atoms with Gasteiger partial charge < -0.3 is 10.2 Å². The van der Waals surface area contributed by atoms with E-state index >= 15 is 0 Å². The van der Waals surface area contributed by atoms with Gasteiger partial charge in [0.2, 0.25) is 0 Å². The monoisotopic (exact) mass is 374 g/mol. The highest BCUT2D eigenvalue weighted by Gasteiger charge is 2.36. The van der Waals surface area contributed by atoms with Crippen LogP contribution in [0.5, 0.6) is 0 Å². The Morgan fingerprint density at radius 2 is 1.93 bits per heavy atom. The van der Waals surface area contributed by atoms with Crippen molar-refractivity contribution in [1.82, 2.24) is 10.2 Å². The maximum atomic E-state index is 12.8. The van der Waals surface area contributed by atoms with Gasteiger partial charge in [-0.2, -0.15) is 0 Å². The minimum Gasteiger partial charge on any atom is -0.349 e. The second-order valence-electron chi connectivity index (χ2n) is 7.85. The fraction of sp³-hybridized carbons (Fsp3) is 0.333. The molecule has 0 saturated carbocycles. The van der Waals surface area contributed by atoms with Crippen LogP contribution in [0.4, 0.5) is 0 Å². The van der Waals surface area contributed by atoms with E-state index in [0.717, 1.165) is 38.6 Å². The lowest BCUT2D eigenvalue weighted by Crippen LogP contribution is -2.49. The van der Waals surface area contributed by atoms with Crippen molar-refractivity contribution < 1.29 is 9.59 Å². The summed E-state index contributed by atoms with van der Waals surface area (Å²) in [7, 11) is 2.15. The number of rotatable bonds is 4. The molecule has 1 fully saturated rings. The van der Waals surface area contributed by atoms with Gasteiger partial charge in [0.15, 0.2) is 0 Å². The quantitative estimate of drug-likeness (QED) is 0.828. The molecule has 1 saturated heterocycles. The summed E-state index contributed by atoms with van der Waals surface area (Å²) in [6.45, 7) is 2.02. The number of allylic oxidation sites excluding steroid dienone is 1. The smallest absolute Gasteiger partial charge is 0.251 e. The molecule has 1 aliphatic heterocycles. The van der Waals surface area contributed by atoms with E-state index in [2.05, 4.69) is 47.6 Å². The summed E-state index contributed by atoms with van der Waals surface area (Å²) in [4.78, 5) is 26.2. The predicted octanol–water partition coefficient (Wildman–Crippen LogP) is 3.80. The molecule has 2 aliphatic rings. The molecule has 0 aromatic heterocycles. The maximum Gasteiger partial charge on any atom is 0.251 e. The highest BCUT2D eigenvalue weighted by molar-refractivity contribution is 5.96. The van der Waals surface area contributed by atoms with Crippen LogP contribution in [-0.2, 0) is 0 Å². The third-order valence-electron chi connectivity index (χ3n) is 6.02. The van der Waals surface area contributed by atoms with Gasteiger partial charge in [0, 0.05) is 36.2 Å². The topological polar surface area (TPSA) is 49.4 Å². The zero-order chi connectivity index (χ0) is 19.5. The molecule has 1 aliphatic carbocycles. The highest BCUT2D eigenvalue weighted by atomic mass is 16.1. The Bertz CT molecular complexity index is 904. The van der Waals surface area contributed by atoms with Crippen LogP contribution in [0.2, 0.25) is 0 Å². The number of benzene rings is 2. The van der Waals surface area contributed by atoms with Crippen LogP contribution in [0.3, 0.4) is 0 Å². The Kier molecular flexibility index (Phi) is 5.40. The molecule has 144 valence electrons. The average Bonchev–Trinajstić information content (AvgIpc) is 2.74. The normalized spacial score (nSPS) is 22.5. The third kappa shape index (κ3) is 3.78. The predicted molar refractivity (Wildman–Crippen MR) is 111 cm³/mol. The molecule has 0 radical (unpaired) electrons. The van der Waals surface area contributed by atoms with Crippen LogP contribution >= 0.6 is 0 Å². The number of fused-ring (bicyclic) bond motifs is 1. The van der Waals surface area contributed by atoms with Gasteiger partial charge in [0.1, 0.15) is 6.29 Å². The second kappa shape index (κ2) is 8.11. The van der Waals surface area contributed by atoms with Crippen LogP contribution in [-0.4, -0.2) is 43.3 Å². The molecule has 4 nitrogen and oxygen atoms in total. The van der Waals surface area contributed by atoms with Crippen LogP contribution in [0.1, 0.15) is 45.5 Å². The first-order valence-corrected chi connectivity index (χ1v) is 9.97. The Labute approximate surface area is 166 Å². The van der Waals surface area contributed by atoms with Crippen molar-refractivity contribution in [3.05, 3.63) is 76.9 Å². The van der Waals surface area contributed by atoms with Gasteiger partial charge >= 0.3 is 0 Å². The van der Waals surface area contributed by atoms with E-state index in [9.17, 15) is 9.59 Å². The number of nitrogens with zero attached hydrogens (tertiary/aromatic N) is 1. The number of piperidine rings is 1. The van der Waals surface area contributed by atoms with E-state index in [1.165, 1.54) is 16.7 Å². The standard InChI is InChI=1S/C24H26N2O2/c1-26-13-12-21-20(18-7-3-2-4-8-18)10-11-23(22(21)15-26)25-24(28)19-9-5-6-17(14-19)16-27/h2-9,14,16,22-23H,10-13,15H2,1H3,(H,25,28). The summed E-state index contributed by atoms with van der Waals surface area (Å²) in [6, 6.07) is 17.7. The number of amides is 1. The second-order valence-corrected chi connectivity index (χ2v) is 7.85. The number of carbonyl (C=O) groups excluding carboxylic acids is 2. The molecular weight excluding hydrogens is 348 g/mol. The van der Waals surface area contributed by atoms with Crippen molar-refractivity contribution in [1.29, 1.82) is 0 Å². The molecular formula is C24H26N2O2. The number of likely N-dealkylation sites (tertiary alicyclic amines) is 1. The van der Waals surface area contributed by atoms with Gasteiger partial charge in [0.25, 0.3) is 5.91 Å². The minimum absolute atomic E-state index is 0.0931. The van der Waals surface area contributed by atoms with Crippen LogP contribution < -0.4 is 5.32 Å². The van der Waals surface area contributed by atoms with Crippen molar-refractivity contribution in [2.24, 2.45) is 5.92 Å². The molecule has 28 heavy (non-hydrogen) atoms. The zero-order valence-corrected chi connectivity index (χ0v) is 16.2. The van der Waals surface area contributed by atoms with Crippen molar-refractivity contribution >= 4 is 17.8 Å². The molecule has 2 aromatic carbocycles. The van der Waals surface area contributed by atoms with Gasteiger partial charge in [-0.3, -0.25) is 9.59 Å². The Balaban J connectivity index is 1.59. The Morgan fingerprint density at radius 3 is 2.71 bits per heavy atom. The first kappa shape index (κ1) is 18.6. The lowest BCUT2D eigenvalue weighted by Gasteiger charge is -2.42. The van der Waals surface area contributed by atoms with Crippen molar-refractivity contribution in [2.45, 2.75) is 25.3 Å². The Hall–Kier alpha value is -2.72. The highest BCUT2D eigenvalue weighted by Crippen LogP contribution is 2.40. The Morgan fingerprint density at radius 1 is 1.11 bits per heavy atom. The summed E-state index contributed by atoms with van der Waals surface area (Å²) < 4.78 is 0. The van der Waals surface area contributed by atoms with Gasteiger partial charge in [-0.1, -0.05) is 48.0 Å². The van der Waals surface area contributed by atoms with Gasteiger partial charge in [-0.25, -0.2) is 0 Å². The molecule has 4 rings (SSSR count). The molecule has 2 atom stereocenters. The third-order valence-corrected chi connectivity index (χ3v) is 6.02. The van der Waals surface area contributed by atoms with Crippen LogP contribution in [0.25, 0.3) is 5.57 Å². The summed E-state index contributed by atoms with van der Waals surface area (Å²) in [5, 5.41) is 3.26. The maximum absolute atomic E-state index is 12.8. The number of carbonyl (C=O) groups is 2. The van der Waals surface area contributed by atoms with E-state index in [1.54, 1.807) is 24.3 Å². The number of hydrogen-bond acceptors (Lipinski definition) is 3. The molecule has 1 amide bonds. The summed E-state index contributed by atoms with van der Waals surface area (Å²) in [6.07, 6.45) is 3.75. The lowest BCUT2D eigenvalue weighted by molar-refractivity contribution is 0.0908. The van der Waals surface area contributed by atoms with Gasteiger partial charge in [-0.05, 0) is 49.6 Å². The lowest BCUT2D eigenvalue weighted by atomic mass is 9.73. The number of hydrogen-bond donors (Lipinski definition) is 1. The van der Waals surface area contributed by atoms with Gasteiger partial charge in [-0.15, -0.1) is 0 Å². The van der Waals surface area contributed by atoms with Gasteiger partial charge in [0.05, 0.1) is 0 Å². The fourth-order valence-electron chi connectivity index (χ4n) is 4.59. The van der Waals surface area contributed by atoms with Crippen molar-refractivity contribution in [3.63, 3.8) is 0 Å². The van der Waals surface area contributed by atoms with E-state index in [-0.39, 0.29) is 11.9 Å². The van der Waals surface area contributed by atoms with E-state index in [0.29, 0.717) is 17.0 Å².